The van der Waals surface area contributed by atoms with Crippen molar-refractivity contribution < 1.29 is 14.7 Å². The summed E-state index contributed by atoms with van der Waals surface area (Å²) in [6.45, 7) is 3.24. The van der Waals surface area contributed by atoms with Crippen LogP contribution < -0.4 is 10.6 Å². The van der Waals surface area contributed by atoms with Crippen molar-refractivity contribution >= 4 is 17.6 Å². The van der Waals surface area contributed by atoms with E-state index in [2.05, 4.69) is 10.6 Å². The monoisotopic (exact) mass is 291 g/mol. The van der Waals surface area contributed by atoms with E-state index in [0.29, 0.717) is 25.2 Å². The summed E-state index contributed by atoms with van der Waals surface area (Å²) >= 11 is 0. The Morgan fingerprint density at radius 2 is 1.86 bits per heavy atom. The van der Waals surface area contributed by atoms with E-state index in [1.54, 1.807) is 12.1 Å². The van der Waals surface area contributed by atoms with Gasteiger partial charge in [-0.25, -0.2) is 4.79 Å². The summed E-state index contributed by atoms with van der Waals surface area (Å²) in [6.07, 6.45) is 2.07. The first-order valence-electron chi connectivity index (χ1n) is 7.23. The number of phenolic OH excluding ortho intramolecular Hbond substituents is 1. The molecule has 1 aromatic carbocycles. The van der Waals surface area contributed by atoms with Crippen LogP contribution in [0.1, 0.15) is 26.2 Å². The van der Waals surface area contributed by atoms with Crippen molar-refractivity contribution in [3.63, 3.8) is 0 Å². The predicted octanol–water partition coefficient (Wildman–Crippen LogP) is 1.91. The Labute approximate surface area is 124 Å². The minimum absolute atomic E-state index is 0.0861. The minimum atomic E-state index is -0.263. The van der Waals surface area contributed by atoms with Crippen LogP contribution in [0.15, 0.2) is 24.3 Å². The Morgan fingerprint density at radius 3 is 2.43 bits per heavy atom. The van der Waals surface area contributed by atoms with Crippen LogP contribution in [-0.2, 0) is 4.79 Å². The predicted molar refractivity (Wildman–Crippen MR) is 80.2 cm³/mol. The number of hydrogen-bond donors (Lipinski definition) is 3. The van der Waals surface area contributed by atoms with E-state index >= 15 is 0 Å². The fourth-order valence-electron chi connectivity index (χ4n) is 2.39. The zero-order valence-electron chi connectivity index (χ0n) is 12.1. The first-order chi connectivity index (χ1) is 10.1. The van der Waals surface area contributed by atoms with Crippen LogP contribution in [0.25, 0.3) is 0 Å². The van der Waals surface area contributed by atoms with Gasteiger partial charge in [-0.15, -0.1) is 0 Å². The second kappa shape index (κ2) is 6.97. The van der Waals surface area contributed by atoms with Crippen molar-refractivity contribution in [2.45, 2.75) is 32.2 Å². The number of carbonyl (C=O) groups excluding carboxylic acids is 2. The Kier molecular flexibility index (Phi) is 5.03. The Hall–Kier alpha value is -2.24. The molecule has 1 fully saturated rings. The van der Waals surface area contributed by atoms with Crippen molar-refractivity contribution in [1.82, 2.24) is 10.2 Å². The van der Waals surface area contributed by atoms with Crippen LogP contribution in [0.5, 0.6) is 5.75 Å². The number of benzene rings is 1. The molecule has 1 heterocycles. The largest absolute Gasteiger partial charge is 0.508 e. The van der Waals surface area contributed by atoms with E-state index < -0.39 is 0 Å². The molecule has 6 nitrogen and oxygen atoms in total. The molecule has 3 N–H and O–H groups in total. The summed E-state index contributed by atoms with van der Waals surface area (Å²) in [7, 11) is 0. The molecule has 6 heteroatoms. The Morgan fingerprint density at radius 1 is 1.24 bits per heavy atom. The average Bonchev–Trinajstić information content (AvgIpc) is 2.49. The Bertz CT molecular complexity index is 493. The molecule has 0 unspecified atom stereocenters. The molecular weight excluding hydrogens is 270 g/mol. The van der Waals surface area contributed by atoms with Gasteiger partial charge >= 0.3 is 6.03 Å². The number of likely N-dealkylation sites (tertiary alicyclic amines) is 1. The second-order valence-electron chi connectivity index (χ2n) is 5.15. The lowest BCUT2D eigenvalue weighted by Gasteiger charge is -2.32. The third-order valence-corrected chi connectivity index (χ3v) is 3.61. The Balaban J connectivity index is 1.76. The first-order valence-corrected chi connectivity index (χ1v) is 7.23. The van der Waals surface area contributed by atoms with E-state index in [9.17, 15) is 14.7 Å². The summed E-state index contributed by atoms with van der Waals surface area (Å²) in [5.41, 5.74) is 0.629. The molecular formula is C15H21N3O3. The highest BCUT2D eigenvalue weighted by atomic mass is 16.3. The molecule has 1 aliphatic heterocycles. The van der Waals surface area contributed by atoms with Crippen LogP contribution in [0, 0.1) is 0 Å². The average molecular weight is 291 g/mol. The minimum Gasteiger partial charge on any atom is -0.508 e. The number of piperidine rings is 1. The molecule has 0 bridgehead atoms. The number of urea groups is 1. The van der Waals surface area contributed by atoms with Gasteiger partial charge in [0.15, 0.2) is 0 Å². The fourth-order valence-corrected chi connectivity index (χ4v) is 2.39. The highest BCUT2D eigenvalue weighted by Gasteiger charge is 2.22. The van der Waals surface area contributed by atoms with Gasteiger partial charge in [0, 0.05) is 31.2 Å². The number of phenols is 1. The van der Waals surface area contributed by atoms with Crippen molar-refractivity contribution in [1.29, 1.82) is 0 Å². The third kappa shape index (κ3) is 4.37. The van der Waals surface area contributed by atoms with Gasteiger partial charge in [-0.3, -0.25) is 4.79 Å². The number of aromatic hydroxyl groups is 1. The normalized spacial score (nSPS) is 15.6. The van der Waals surface area contributed by atoms with Gasteiger partial charge in [-0.1, -0.05) is 6.92 Å². The summed E-state index contributed by atoms with van der Waals surface area (Å²) in [5, 5.41) is 14.8. The maximum Gasteiger partial charge on any atom is 0.319 e. The lowest BCUT2D eigenvalue weighted by Crippen LogP contribution is -2.47. The molecule has 1 saturated heterocycles. The van der Waals surface area contributed by atoms with Gasteiger partial charge in [-0.05, 0) is 37.1 Å². The molecule has 21 heavy (non-hydrogen) atoms. The smallest absolute Gasteiger partial charge is 0.319 e. The van der Waals surface area contributed by atoms with Gasteiger partial charge in [0.2, 0.25) is 5.91 Å². The van der Waals surface area contributed by atoms with Crippen LogP contribution in [0.3, 0.4) is 0 Å². The molecule has 0 atom stereocenters. The number of hydrogen-bond acceptors (Lipinski definition) is 3. The lowest BCUT2D eigenvalue weighted by molar-refractivity contribution is -0.131. The molecule has 1 aliphatic rings. The van der Waals surface area contributed by atoms with Gasteiger partial charge in [-0.2, -0.15) is 0 Å². The fraction of sp³-hybridized carbons (Fsp3) is 0.467. The first kappa shape index (κ1) is 15.2. The number of rotatable bonds is 3. The second-order valence-corrected chi connectivity index (χ2v) is 5.15. The van der Waals surface area contributed by atoms with Crippen LogP contribution in [0.2, 0.25) is 0 Å². The van der Waals surface area contributed by atoms with E-state index in [4.69, 9.17) is 0 Å². The highest BCUT2D eigenvalue weighted by molar-refractivity contribution is 5.89. The standard InChI is InChI=1S/C15H21N3O3/c1-2-14(20)18-9-7-12(8-10-18)17-15(21)16-11-3-5-13(19)6-4-11/h3-6,12,19H,2,7-10H2,1H3,(H2,16,17,21). The molecule has 0 saturated carbocycles. The molecule has 0 spiro atoms. The van der Waals surface area contributed by atoms with E-state index in [0.717, 1.165) is 12.8 Å². The number of anilines is 1. The van der Waals surface area contributed by atoms with Gasteiger partial charge in [0.1, 0.15) is 5.75 Å². The molecule has 114 valence electrons. The van der Waals surface area contributed by atoms with Crippen molar-refractivity contribution in [3.8, 4) is 5.75 Å². The summed E-state index contributed by atoms with van der Waals surface area (Å²) < 4.78 is 0. The molecule has 1 aromatic rings. The zero-order valence-corrected chi connectivity index (χ0v) is 12.1. The maximum atomic E-state index is 11.9. The van der Waals surface area contributed by atoms with Crippen molar-refractivity contribution in [2.24, 2.45) is 0 Å². The lowest BCUT2D eigenvalue weighted by atomic mass is 10.1. The SMILES string of the molecule is CCC(=O)N1CCC(NC(=O)Nc2ccc(O)cc2)CC1. The van der Waals surface area contributed by atoms with Gasteiger partial charge < -0.3 is 20.6 Å². The van der Waals surface area contributed by atoms with Crippen LogP contribution in [0.4, 0.5) is 10.5 Å². The van der Waals surface area contributed by atoms with Gasteiger partial charge in [0.25, 0.3) is 0 Å². The highest BCUT2D eigenvalue weighted by Crippen LogP contribution is 2.14. The molecule has 2 rings (SSSR count). The number of amides is 3. The summed E-state index contributed by atoms with van der Waals surface area (Å²) in [6, 6.07) is 6.13. The third-order valence-electron chi connectivity index (χ3n) is 3.61. The summed E-state index contributed by atoms with van der Waals surface area (Å²) in [4.78, 5) is 25.3. The molecule has 0 aromatic heterocycles. The number of nitrogens with zero attached hydrogens (tertiary/aromatic N) is 1. The molecule has 0 radical (unpaired) electrons. The quantitative estimate of drug-likeness (QED) is 0.744. The zero-order chi connectivity index (χ0) is 15.2. The van der Waals surface area contributed by atoms with Crippen LogP contribution in [-0.4, -0.2) is 41.1 Å². The van der Waals surface area contributed by atoms with E-state index in [-0.39, 0.29) is 23.7 Å². The van der Waals surface area contributed by atoms with E-state index in [1.807, 2.05) is 11.8 Å². The molecule has 0 aliphatic carbocycles. The number of carbonyl (C=O) groups is 2. The summed E-state index contributed by atoms with van der Waals surface area (Å²) in [5.74, 6) is 0.330. The van der Waals surface area contributed by atoms with Gasteiger partial charge in [0.05, 0.1) is 0 Å². The maximum absolute atomic E-state index is 11.9. The molecule has 3 amide bonds. The van der Waals surface area contributed by atoms with Crippen molar-refractivity contribution in [3.05, 3.63) is 24.3 Å². The van der Waals surface area contributed by atoms with Crippen LogP contribution >= 0.6 is 0 Å². The number of nitrogens with one attached hydrogen (secondary N) is 2. The van der Waals surface area contributed by atoms with E-state index in [1.165, 1.54) is 12.1 Å². The van der Waals surface area contributed by atoms with Crippen molar-refractivity contribution in [2.75, 3.05) is 18.4 Å². The topological polar surface area (TPSA) is 81.7 Å².